The second-order valence-electron chi connectivity index (χ2n) is 7.40. The fraction of sp³-hybridized carbons (Fsp3) is 0.474. The Morgan fingerprint density at radius 3 is 2.52 bits per heavy atom. The van der Waals surface area contributed by atoms with E-state index in [-0.39, 0.29) is 32.0 Å². The Kier molecular flexibility index (Phi) is 4.28. The highest BCUT2D eigenvalue weighted by atomic mass is 19.3. The first kappa shape index (κ1) is 17.8. The standard InChI is InChI=1S/C19H21F2N5O/c1-14-2-3-16(24-23-14)25-10-6-18(12-25)13-26(11-7-19(18,20)21)17(27)15-4-8-22-9-5-15/h2-5,8-9H,6-7,10-13H2,1H3. The largest absolute Gasteiger partial charge is 0.354 e. The Bertz CT molecular complexity index is 830. The molecule has 2 aromatic heterocycles. The number of aryl methyl sites for hydroxylation is 1. The maximum Gasteiger partial charge on any atom is 0.258 e. The lowest BCUT2D eigenvalue weighted by molar-refractivity contribution is -0.150. The van der Waals surface area contributed by atoms with Crippen molar-refractivity contribution in [1.82, 2.24) is 20.1 Å². The number of halogens is 2. The Labute approximate surface area is 156 Å². The topological polar surface area (TPSA) is 62.2 Å². The SMILES string of the molecule is Cc1ccc(N2CCC3(CN(C(=O)c4ccncc4)CCC3(F)F)C2)nn1. The molecule has 1 amide bonds. The molecule has 2 fully saturated rings. The van der Waals surface area contributed by atoms with Gasteiger partial charge in [0.25, 0.3) is 11.8 Å². The first-order valence-electron chi connectivity index (χ1n) is 9.03. The summed E-state index contributed by atoms with van der Waals surface area (Å²) in [6.07, 6.45) is 3.07. The average molecular weight is 373 g/mol. The van der Waals surface area contributed by atoms with E-state index in [4.69, 9.17) is 0 Å². The summed E-state index contributed by atoms with van der Waals surface area (Å²) in [7, 11) is 0. The molecule has 8 heteroatoms. The van der Waals surface area contributed by atoms with Gasteiger partial charge in [-0.25, -0.2) is 8.78 Å². The van der Waals surface area contributed by atoms with Crippen LogP contribution in [0, 0.1) is 12.3 Å². The number of piperidine rings is 1. The molecule has 1 spiro atoms. The van der Waals surface area contributed by atoms with Gasteiger partial charge < -0.3 is 9.80 Å². The Morgan fingerprint density at radius 2 is 1.81 bits per heavy atom. The molecule has 2 saturated heterocycles. The molecule has 0 radical (unpaired) electrons. The number of hydrogen-bond donors (Lipinski definition) is 0. The van der Waals surface area contributed by atoms with Crippen molar-refractivity contribution in [1.29, 1.82) is 0 Å². The zero-order chi connectivity index (χ0) is 19.1. The Hall–Kier alpha value is -2.64. The van der Waals surface area contributed by atoms with Crippen LogP contribution >= 0.6 is 0 Å². The average Bonchev–Trinajstić information content (AvgIpc) is 3.11. The van der Waals surface area contributed by atoms with Crippen molar-refractivity contribution in [3.8, 4) is 0 Å². The smallest absolute Gasteiger partial charge is 0.258 e. The summed E-state index contributed by atoms with van der Waals surface area (Å²) in [6.45, 7) is 2.57. The van der Waals surface area contributed by atoms with Gasteiger partial charge in [-0.2, -0.15) is 5.10 Å². The number of amides is 1. The van der Waals surface area contributed by atoms with Crippen molar-refractivity contribution in [2.24, 2.45) is 5.41 Å². The molecule has 4 heterocycles. The molecule has 1 unspecified atom stereocenters. The highest BCUT2D eigenvalue weighted by Crippen LogP contribution is 2.50. The summed E-state index contributed by atoms with van der Waals surface area (Å²) in [5.41, 5.74) is -0.00468. The Balaban J connectivity index is 1.56. The number of nitrogens with zero attached hydrogens (tertiary/aromatic N) is 5. The monoisotopic (exact) mass is 373 g/mol. The predicted octanol–water partition coefficient (Wildman–Crippen LogP) is 2.56. The molecule has 142 valence electrons. The van der Waals surface area contributed by atoms with Gasteiger partial charge in [0.15, 0.2) is 5.82 Å². The van der Waals surface area contributed by atoms with Gasteiger partial charge in [-0.1, -0.05) is 0 Å². The second kappa shape index (κ2) is 6.51. The van der Waals surface area contributed by atoms with Crippen LogP contribution < -0.4 is 4.90 Å². The first-order valence-corrected chi connectivity index (χ1v) is 9.03. The minimum atomic E-state index is -2.82. The quantitative estimate of drug-likeness (QED) is 0.810. The summed E-state index contributed by atoms with van der Waals surface area (Å²) in [5, 5.41) is 8.16. The fourth-order valence-electron chi connectivity index (χ4n) is 4.01. The van der Waals surface area contributed by atoms with Gasteiger partial charge in [-0.15, -0.1) is 5.10 Å². The van der Waals surface area contributed by atoms with Crippen LogP contribution in [-0.4, -0.2) is 58.1 Å². The van der Waals surface area contributed by atoms with Crippen LogP contribution in [0.1, 0.15) is 28.9 Å². The summed E-state index contributed by atoms with van der Waals surface area (Å²) < 4.78 is 29.9. The fourth-order valence-corrected chi connectivity index (χ4v) is 4.01. The van der Waals surface area contributed by atoms with Gasteiger partial charge in [0.2, 0.25) is 0 Å². The summed E-state index contributed by atoms with van der Waals surface area (Å²) >= 11 is 0. The summed E-state index contributed by atoms with van der Waals surface area (Å²) in [4.78, 5) is 20.1. The highest BCUT2D eigenvalue weighted by molar-refractivity contribution is 5.94. The van der Waals surface area contributed by atoms with Crippen LogP contribution in [0.25, 0.3) is 0 Å². The summed E-state index contributed by atoms with van der Waals surface area (Å²) in [6, 6.07) is 6.86. The lowest BCUT2D eigenvalue weighted by atomic mass is 9.75. The van der Waals surface area contributed by atoms with Gasteiger partial charge in [-0.3, -0.25) is 9.78 Å². The number of hydrogen-bond acceptors (Lipinski definition) is 5. The lowest BCUT2D eigenvalue weighted by Crippen LogP contribution is -2.58. The third-order valence-corrected chi connectivity index (χ3v) is 5.64. The van der Waals surface area contributed by atoms with Crippen LogP contribution in [-0.2, 0) is 0 Å². The van der Waals surface area contributed by atoms with E-state index in [0.29, 0.717) is 24.3 Å². The van der Waals surface area contributed by atoms with Crippen LogP contribution in [0.5, 0.6) is 0 Å². The molecule has 2 aromatic rings. The number of likely N-dealkylation sites (tertiary alicyclic amines) is 1. The molecule has 27 heavy (non-hydrogen) atoms. The molecule has 2 aliphatic heterocycles. The van der Waals surface area contributed by atoms with Crippen LogP contribution in [0.15, 0.2) is 36.7 Å². The van der Waals surface area contributed by atoms with Crippen molar-refractivity contribution in [2.75, 3.05) is 31.1 Å². The van der Waals surface area contributed by atoms with Gasteiger partial charge in [0.1, 0.15) is 0 Å². The minimum absolute atomic E-state index is 0.0386. The van der Waals surface area contributed by atoms with Crippen molar-refractivity contribution in [3.05, 3.63) is 47.9 Å². The molecule has 1 atom stereocenters. The van der Waals surface area contributed by atoms with E-state index in [1.807, 2.05) is 24.0 Å². The van der Waals surface area contributed by atoms with E-state index in [1.54, 1.807) is 17.0 Å². The van der Waals surface area contributed by atoms with Crippen LogP contribution in [0.3, 0.4) is 0 Å². The van der Waals surface area contributed by atoms with Crippen molar-refractivity contribution in [3.63, 3.8) is 0 Å². The molecule has 0 aliphatic carbocycles. The number of carbonyl (C=O) groups excluding carboxylic acids is 1. The van der Waals surface area contributed by atoms with Crippen LogP contribution in [0.2, 0.25) is 0 Å². The molecule has 0 saturated carbocycles. The number of rotatable bonds is 2. The highest BCUT2D eigenvalue weighted by Gasteiger charge is 2.60. The second-order valence-corrected chi connectivity index (χ2v) is 7.40. The van der Waals surface area contributed by atoms with E-state index in [9.17, 15) is 13.6 Å². The third kappa shape index (κ3) is 3.13. The third-order valence-electron chi connectivity index (χ3n) is 5.64. The van der Waals surface area contributed by atoms with E-state index >= 15 is 0 Å². The van der Waals surface area contributed by atoms with E-state index in [2.05, 4.69) is 15.2 Å². The van der Waals surface area contributed by atoms with Crippen molar-refractivity contribution < 1.29 is 13.6 Å². The van der Waals surface area contributed by atoms with Crippen molar-refractivity contribution in [2.45, 2.75) is 25.7 Å². The predicted molar refractivity (Wildman–Crippen MR) is 95.7 cm³/mol. The number of aromatic nitrogens is 3. The minimum Gasteiger partial charge on any atom is -0.354 e. The van der Waals surface area contributed by atoms with E-state index in [0.717, 1.165) is 5.69 Å². The molecule has 2 aliphatic rings. The number of alkyl halides is 2. The molecular formula is C19H21F2N5O. The summed E-state index contributed by atoms with van der Waals surface area (Å²) in [5.74, 6) is -2.44. The van der Waals surface area contributed by atoms with Crippen molar-refractivity contribution >= 4 is 11.7 Å². The van der Waals surface area contributed by atoms with Crippen LogP contribution in [0.4, 0.5) is 14.6 Å². The number of anilines is 1. The van der Waals surface area contributed by atoms with Gasteiger partial charge >= 0.3 is 0 Å². The van der Waals surface area contributed by atoms with E-state index in [1.165, 1.54) is 12.4 Å². The van der Waals surface area contributed by atoms with E-state index < -0.39 is 11.3 Å². The first-order chi connectivity index (χ1) is 12.9. The van der Waals surface area contributed by atoms with Gasteiger partial charge in [0, 0.05) is 50.6 Å². The molecular weight excluding hydrogens is 352 g/mol. The lowest BCUT2D eigenvalue weighted by Gasteiger charge is -2.45. The zero-order valence-electron chi connectivity index (χ0n) is 15.1. The Morgan fingerprint density at radius 1 is 1.04 bits per heavy atom. The van der Waals surface area contributed by atoms with Gasteiger partial charge in [-0.05, 0) is 37.6 Å². The number of carbonyl (C=O) groups is 1. The zero-order valence-corrected chi connectivity index (χ0v) is 15.1. The molecule has 0 aromatic carbocycles. The maximum atomic E-state index is 14.9. The molecule has 4 rings (SSSR count). The normalized spacial score (nSPS) is 24.4. The molecule has 0 bridgehead atoms. The number of pyridine rings is 1. The molecule has 6 nitrogen and oxygen atoms in total. The van der Waals surface area contributed by atoms with Gasteiger partial charge in [0.05, 0.1) is 11.1 Å². The maximum absolute atomic E-state index is 14.9. The molecule has 0 N–H and O–H groups in total.